The second-order valence-corrected chi connectivity index (χ2v) is 11.5. The molecule has 3 aliphatic rings. The standard InChI is InChI=1S/C32H45N3O5/c1-5-8-12-21-33(19-6-2)30(39)27-32-18-17-31(4,40-32)25(26(32)29(38)35(27)22-13-14-23-36)28(37)34(20-7-3)24-15-10-9-11-16-24/h6-7,9-11,15-16,25-27,36H,2-3,5,8,12-14,17-23H2,1,4H3/t25-,26+,27?,31+,32?/m1/s1. The van der Waals surface area contributed by atoms with E-state index in [4.69, 9.17) is 4.74 Å². The van der Waals surface area contributed by atoms with Crippen molar-refractivity contribution >= 4 is 23.4 Å². The number of para-hydroxylation sites is 1. The lowest BCUT2D eigenvalue weighted by atomic mass is 9.66. The summed E-state index contributed by atoms with van der Waals surface area (Å²) in [5, 5.41) is 9.42. The first-order valence-corrected chi connectivity index (χ1v) is 14.8. The Kier molecular flexibility index (Phi) is 9.52. The van der Waals surface area contributed by atoms with E-state index in [0.29, 0.717) is 51.9 Å². The Balaban J connectivity index is 1.74. The predicted octanol–water partition coefficient (Wildman–Crippen LogP) is 3.95. The topological polar surface area (TPSA) is 90.4 Å². The van der Waals surface area contributed by atoms with E-state index < -0.39 is 29.1 Å². The maximum atomic E-state index is 14.4. The highest BCUT2D eigenvalue weighted by atomic mass is 16.5. The van der Waals surface area contributed by atoms with Gasteiger partial charge in [0, 0.05) is 38.5 Å². The van der Waals surface area contributed by atoms with Crippen LogP contribution in [-0.4, -0.2) is 82.7 Å². The van der Waals surface area contributed by atoms with Gasteiger partial charge in [-0.05, 0) is 51.2 Å². The van der Waals surface area contributed by atoms with Gasteiger partial charge in [0.25, 0.3) is 0 Å². The zero-order chi connectivity index (χ0) is 28.9. The van der Waals surface area contributed by atoms with Crippen molar-refractivity contribution < 1.29 is 24.2 Å². The number of benzene rings is 1. The molecule has 218 valence electrons. The summed E-state index contributed by atoms with van der Waals surface area (Å²) in [6, 6.07) is 8.60. The fourth-order valence-electron chi connectivity index (χ4n) is 7.12. The van der Waals surface area contributed by atoms with Crippen LogP contribution in [0.3, 0.4) is 0 Å². The Morgan fingerprint density at radius 3 is 2.45 bits per heavy atom. The smallest absolute Gasteiger partial charge is 0.248 e. The maximum Gasteiger partial charge on any atom is 0.248 e. The normalized spacial score (nSPS) is 28.4. The molecule has 3 heterocycles. The van der Waals surface area contributed by atoms with Gasteiger partial charge in [-0.3, -0.25) is 14.4 Å². The fraction of sp³-hybridized carbons (Fsp3) is 0.594. The molecule has 3 saturated heterocycles. The van der Waals surface area contributed by atoms with Gasteiger partial charge in [0.15, 0.2) is 0 Å². The van der Waals surface area contributed by atoms with Gasteiger partial charge in [-0.25, -0.2) is 0 Å². The molecule has 3 amide bonds. The van der Waals surface area contributed by atoms with Gasteiger partial charge in [-0.15, -0.1) is 13.2 Å². The quantitative estimate of drug-likeness (QED) is 0.263. The van der Waals surface area contributed by atoms with Crippen LogP contribution < -0.4 is 4.90 Å². The second kappa shape index (κ2) is 12.7. The molecule has 0 radical (unpaired) electrons. The molecule has 0 saturated carbocycles. The summed E-state index contributed by atoms with van der Waals surface area (Å²) in [5.74, 6) is -1.99. The minimum absolute atomic E-state index is 0.0120. The SMILES string of the molecule is C=CCN(CCCCC)C(=O)C1N(CCCCO)C(=O)[C@@H]2[C@H](C(=O)N(CC=C)c3ccccc3)[C@]3(C)CCC12O3. The number of unbranched alkanes of at least 4 members (excludes halogenated alkanes) is 3. The summed E-state index contributed by atoms with van der Waals surface area (Å²) in [5.41, 5.74) is -1.19. The predicted molar refractivity (Wildman–Crippen MR) is 156 cm³/mol. The van der Waals surface area contributed by atoms with Crippen LogP contribution in [0, 0.1) is 11.8 Å². The van der Waals surface area contributed by atoms with Crippen molar-refractivity contribution in [2.75, 3.05) is 37.7 Å². The molecule has 1 spiro atoms. The van der Waals surface area contributed by atoms with Crippen LogP contribution in [0.25, 0.3) is 0 Å². The first-order chi connectivity index (χ1) is 19.3. The lowest BCUT2D eigenvalue weighted by Crippen LogP contribution is -2.56. The Bertz CT molecular complexity index is 1090. The molecule has 8 heteroatoms. The number of nitrogens with zero attached hydrogens (tertiary/aromatic N) is 3. The second-order valence-electron chi connectivity index (χ2n) is 11.5. The minimum atomic E-state index is -1.07. The number of hydrogen-bond acceptors (Lipinski definition) is 5. The van der Waals surface area contributed by atoms with Crippen LogP contribution in [0.1, 0.15) is 58.8 Å². The minimum Gasteiger partial charge on any atom is -0.396 e. The Labute approximate surface area is 238 Å². The summed E-state index contributed by atoms with van der Waals surface area (Å²) in [6.07, 6.45) is 8.53. The first-order valence-electron chi connectivity index (χ1n) is 14.8. The first kappa shape index (κ1) is 30.0. The highest BCUT2D eigenvalue weighted by Crippen LogP contribution is 2.63. The highest BCUT2D eigenvalue weighted by molar-refractivity contribution is 6.03. The number of aliphatic hydroxyl groups excluding tert-OH is 1. The number of carbonyl (C=O) groups excluding carboxylic acids is 3. The molecule has 0 aliphatic carbocycles. The van der Waals surface area contributed by atoms with Gasteiger partial charge >= 0.3 is 0 Å². The average molecular weight is 552 g/mol. The fourth-order valence-corrected chi connectivity index (χ4v) is 7.12. The number of rotatable bonds is 15. The van der Waals surface area contributed by atoms with E-state index in [9.17, 15) is 19.5 Å². The molecule has 3 fully saturated rings. The van der Waals surface area contributed by atoms with Crippen LogP contribution in [0.5, 0.6) is 0 Å². The van der Waals surface area contributed by atoms with Gasteiger partial charge in [-0.2, -0.15) is 0 Å². The molecular formula is C32H45N3O5. The van der Waals surface area contributed by atoms with E-state index >= 15 is 0 Å². The van der Waals surface area contributed by atoms with E-state index in [1.807, 2.05) is 37.3 Å². The molecular weight excluding hydrogens is 506 g/mol. The number of anilines is 1. The number of carbonyl (C=O) groups is 3. The van der Waals surface area contributed by atoms with Crippen molar-refractivity contribution in [1.29, 1.82) is 0 Å². The van der Waals surface area contributed by atoms with Crippen molar-refractivity contribution in [2.45, 2.75) is 76.0 Å². The molecule has 3 aliphatic heterocycles. The van der Waals surface area contributed by atoms with Crippen molar-refractivity contribution in [1.82, 2.24) is 9.80 Å². The number of amides is 3. The van der Waals surface area contributed by atoms with Crippen LogP contribution in [0.15, 0.2) is 55.6 Å². The molecule has 1 aromatic carbocycles. The third kappa shape index (κ3) is 5.23. The molecule has 2 bridgehead atoms. The van der Waals surface area contributed by atoms with Gasteiger partial charge in [0.1, 0.15) is 11.6 Å². The van der Waals surface area contributed by atoms with E-state index in [1.54, 1.807) is 26.9 Å². The zero-order valence-corrected chi connectivity index (χ0v) is 24.1. The molecule has 1 aromatic rings. The number of aliphatic hydroxyl groups is 1. The van der Waals surface area contributed by atoms with Crippen LogP contribution in [-0.2, 0) is 19.1 Å². The molecule has 8 nitrogen and oxygen atoms in total. The maximum absolute atomic E-state index is 14.4. The zero-order valence-electron chi connectivity index (χ0n) is 24.1. The molecule has 2 unspecified atom stereocenters. The van der Waals surface area contributed by atoms with Crippen LogP contribution >= 0.6 is 0 Å². The van der Waals surface area contributed by atoms with E-state index in [-0.39, 0.29) is 24.3 Å². The van der Waals surface area contributed by atoms with Gasteiger partial charge in [0.05, 0.1) is 17.4 Å². The average Bonchev–Trinajstić information content (AvgIpc) is 3.52. The number of hydrogen-bond donors (Lipinski definition) is 1. The number of ether oxygens (including phenoxy) is 1. The van der Waals surface area contributed by atoms with Crippen molar-refractivity contribution in [3.8, 4) is 0 Å². The van der Waals surface area contributed by atoms with Gasteiger partial charge in [-0.1, -0.05) is 50.1 Å². The Morgan fingerprint density at radius 1 is 1.07 bits per heavy atom. The molecule has 0 aromatic heterocycles. The lowest BCUT2D eigenvalue weighted by molar-refractivity contribution is -0.151. The molecule has 4 rings (SSSR count). The molecule has 5 atom stereocenters. The van der Waals surface area contributed by atoms with Crippen LogP contribution in [0.2, 0.25) is 0 Å². The lowest BCUT2D eigenvalue weighted by Gasteiger charge is -2.37. The van der Waals surface area contributed by atoms with Crippen molar-refractivity contribution in [3.63, 3.8) is 0 Å². The summed E-state index contributed by atoms with van der Waals surface area (Å²) < 4.78 is 6.81. The van der Waals surface area contributed by atoms with E-state index in [0.717, 1.165) is 24.9 Å². The number of likely N-dealkylation sites (tertiary alicyclic amines) is 1. The largest absolute Gasteiger partial charge is 0.396 e. The number of fused-ring (bicyclic) bond motifs is 1. The van der Waals surface area contributed by atoms with Crippen molar-refractivity contribution in [3.05, 3.63) is 55.6 Å². The van der Waals surface area contributed by atoms with E-state index in [1.165, 1.54) is 0 Å². The third-order valence-electron chi connectivity index (χ3n) is 8.92. The Morgan fingerprint density at radius 2 is 1.80 bits per heavy atom. The van der Waals surface area contributed by atoms with Gasteiger partial charge in [0.2, 0.25) is 17.7 Å². The summed E-state index contributed by atoms with van der Waals surface area (Å²) in [6.45, 7) is 13.4. The Hall–Kier alpha value is -2.97. The van der Waals surface area contributed by atoms with E-state index in [2.05, 4.69) is 20.1 Å². The van der Waals surface area contributed by atoms with Crippen LogP contribution in [0.4, 0.5) is 5.69 Å². The van der Waals surface area contributed by atoms with Crippen molar-refractivity contribution in [2.24, 2.45) is 11.8 Å². The molecule has 40 heavy (non-hydrogen) atoms. The monoisotopic (exact) mass is 551 g/mol. The summed E-state index contributed by atoms with van der Waals surface area (Å²) in [7, 11) is 0. The molecule has 1 N–H and O–H groups in total. The third-order valence-corrected chi connectivity index (χ3v) is 8.92. The van der Waals surface area contributed by atoms with Gasteiger partial charge < -0.3 is 24.5 Å². The summed E-state index contributed by atoms with van der Waals surface area (Å²) >= 11 is 0. The summed E-state index contributed by atoms with van der Waals surface area (Å²) in [4.78, 5) is 48.1. The highest BCUT2D eigenvalue weighted by Gasteiger charge is 2.78.